The predicted molar refractivity (Wildman–Crippen MR) is 201 cm³/mol. The van der Waals surface area contributed by atoms with Crippen LogP contribution in [0.5, 0.6) is 5.75 Å². The Hall–Kier alpha value is -5.28. The lowest BCUT2D eigenvalue weighted by atomic mass is 10.0. The SMILES string of the molecule is Nc1ccccc1NC(=O)CCCCCC(=O)NCc1ccc(C2OC(CSc3nnnn3-c3ccc(O)cc3)CC(c3ccc(CO)cc3)O2)cc1. The molecule has 6 N–H and O–H groups in total. The van der Waals surface area contributed by atoms with Crippen molar-refractivity contribution in [3.05, 3.63) is 119 Å². The van der Waals surface area contributed by atoms with Crippen LogP contribution in [0, 0.1) is 0 Å². The van der Waals surface area contributed by atoms with Crippen molar-refractivity contribution in [1.29, 1.82) is 0 Å². The largest absolute Gasteiger partial charge is 0.508 e. The number of thioether (sulfide) groups is 1. The number of aliphatic hydroxyl groups is 1. The van der Waals surface area contributed by atoms with Gasteiger partial charge in [0.25, 0.3) is 0 Å². The number of nitrogens with zero attached hydrogens (tertiary/aromatic N) is 4. The first-order valence-corrected chi connectivity index (χ1v) is 18.5. The fourth-order valence-electron chi connectivity index (χ4n) is 5.87. The Labute approximate surface area is 311 Å². The van der Waals surface area contributed by atoms with Gasteiger partial charge in [-0.25, -0.2) is 0 Å². The molecule has 13 nitrogen and oxygen atoms in total. The third kappa shape index (κ3) is 10.6. The fourth-order valence-corrected chi connectivity index (χ4v) is 6.78. The number of phenols is 1. The molecule has 0 spiro atoms. The number of ether oxygens (including phenoxy) is 2. The second-order valence-corrected chi connectivity index (χ2v) is 13.8. The Morgan fingerprint density at radius 2 is 1.55 bits per heavy atom. The number of tetrazole rings is 1. The Bertz CT molecular complexity index is 1940. The molecule has 0 saturated carbocycles. The molecule has 0 bridgehead atoms. The number of aromatic hydroxyl groups is 1. The minimum absolute atomic E-state index is 0.0361. The Morgan fingerprint density at radius 3 is 2.28 bits per heavy atom. The van der Waals surface area contributed by atoms with Gasteiger partial charge in [0.05, 0.1) is 35.9 Å². The zero-order chi connectivity index (χ0) is 37.0. The first-order valence-electron chi connectivity index (χ1n) is 17.6. The highest BCUT2D eigenvalue weighted by Crippen LogP contribution is 2.39. The third-order valence-corrected chi connectivity index (χ3v) is 9.88. The molecule has 0 aliphatic carbocycles. The zero-order valence-corrected chi connectivity index (χ0v) is 30.0. The van der Waals surface area contributed by atoms with Gasteiger partial charge in [-0.2, -0.15) is 4.68 Å². The molecule has 0 radical (unpaired) electrons. The van der Waals surface area contributed by atoms with Crippen molar-refractivity contribution >= 4 is 35.0 Å². The summed E-state index contributed by atoms with van der Waals surface area (Å²) < 4.78 is 14.6. The van der Waals surface area contributed by atoms with Crippen molar-refractivity contribution in [2.75, 3.05) is 16.8 Å². The van der Waals surface area contributed by atoms with Crippen LogP contribution in [0.25, 0.3) is 5.69 Å². The molecule has 1 aromatic heterocycles. The molecule has 276 valence electrons. The molecule has 6 rings (SSSR count). The molecule has 14 heteroatoms. The molecule has 1 saturated heterocycles. The summed E-state index contributed by atoms with van der Waals surface area (Å²) in [5.41, 5.74) is 11.4. The van der Waals surface area contributed by atoms with E-state index in [-0.39, 0.29) is 36.4 Å². The fraction of sp³-hybridized carbons (Fsp3) is 0.308. The van der Waals surface area contributed by atoms with Gasteiger partial charge in [0.1, 0.15) is 5.75 Å². The highest BCUT2D eigenvalue weighted by Gasteiger charge is 2.32. The third-order valence-electron chi connectivity index (χ3n) is 8.83. The van der Waals surface area contributed by atoms with Crippen molar-refractivity contribution in [2.24, 2.45) is 0 Å². The number of aromatic nitrogens is 4. The number of nitrogen functional groups attached to an aromatic ring is 1. The summed E-state index contributed by atoms with van der Waals surface area (Å²) in [5, 5.41) is 37.8. The second kappa shape index (κ2) is 18.5. The molecule has 53 heavy (non-hydrogen) atoms. The van der Waals surface area contributed by atoms with Crippen LogP contribution in [0.2, 0.25) is 0 Å². The van der Waals surface area contributed by atoms with E-state index in [9.17, 15) is 19.8 Å². The van der Waals surface area contributed by atoms with E-state index in [1.807, 2.05) is 60.7 Å². The number of para-hydroxylation sites is 2. The van der Waals surface area contributed by atoms with Gasteiger partial charge in [0, 0.05) is 37.1 Å². The number of carbonyl (C=O) groups is 2. The first kappa shape index (κ1) is 37.5. The Kier molecular flexibility index (Phi) is 13.1. The minimum atomic E-state index is -0.638. The maximum atomic E-state index is 12.5. The van der Waals surface area contributed by atoms with Crippen LogP contribution in [-0.4, -0.2) is 54.1 Å². The normalized spacial score (nSPS) is 17.0. The molecule has 5 aromatic rings. The molecule has 3 atom stereocenters. The number of unbranched alkanes of at least 4 members (excludes halogenated alkanes) is 2. The summed E-state index contributed by atoms with van der Waals surface area (Å²) in [4.78, 5) is 24.8. The summed E-state index contributed by atoms with van der Waals surface area (Å²) in [5.74, 6) is 0.586. The average Bonchev–Trinajstić information content (AvgIpc) is 3.66. The van der Waals surface area contributed by atoms with Crippen molar-refractivity contribution in [3.8, 4) is 11.4 Å². The van der Waals surface area contributed by atoms with Crippen molar-refractivity contribution < 1.29 is 29.3 Å². The highest BCUT2D eigenvalue weighted by molar-refractivity contribution is 7.99. The predicted octanol–water partition coefficient (Wildman–Crippen LogP) is 5.99. The summed E-state index contributed by atoms with van der Waals surface area (Å²) in [6, 6.07) is 29.3. The maximum absolute atomic E-state index is 12.5. The van der Waals surface area contributed by atoms with Crippen LogP contribution >= 0.6 is 11.8 Å². The molecule has 1 aliphatic heterocycles. The Morgan fingerprint density at radius 1 is 0.849 bits per heavy atom. The van der Waals surface area contributed by atoms with Crippen LogP contribution in [0.15, 0.2) is 102 Å². The smallest absolute Gasteiger partial charge is 0.224 e. The molecule has 1 aliphatic rings. The van der Waals surface area contributed by atoms with Gasteiger partial charge in [0.2, 0.25) is 17.0 Å². The van der Waals surface area contributed by atoms with Crippen molar-refractivity contribution in [1.82, 2.24) is 25.5 Å². The lowest BCUT2D eigenvalue weighted by molar-refractivity contribution is -0.245. The van der Waals surface area contributed by atoms with Crippen LogP contribution < -0.4 is 16.4 Å². The topological polar surface area (TPSA) is 187 Å². The average molecular weight is 738 g/mol. The van der Waals surface area contributed by atoms with Gasteiger partial charge in [-0.1, -0.05) is 78.8 Å². The summed E-state index contributed by atoms with van der Waals surface area (Å²) in [6.07, 6.45) is 2.40. The molecule has 2 amide bonds. The number of aliphatic hydroxyl groups excluding tert-OH is 1. The Balaban J connectivity index is 0.999. The van der Waals surface area contributed by atoms with E-state index >= 15 is 0 Å². The number of amides is 2. The number of phenolic OH excluding ortho intramolecular Hbond substituents is 1. The van der Waals surface area contributed by atoms with E-state index in [0.717, 1.165) is 34.4 Å². The molecule has 1 fully saturated rings. The number of hydrogen-bond acceptors (Lipinski definition) is 11. The molecule has 2 heterocycles. The van der Waals surface area contributed by atoms with Gasteiger partial charge in [0.15, 0.2) is 6.29 Å². The number of rotatable bonds is 16. The van der Waals surface area contributed by atoms with Crippen LogP contribution in [0.1, 0.15) is 73.2 Å². The molecule has 3 unspecified atom stereocenters. The molecule has 4 aromatic carbocycles. The lowest BCUT2D eigenvalue weighted by Gasteiger charge is -2.36. The van der Waals surface area contributed by atoms with Gasteiger partial charge < -0.3 is 36.1 Å². The van der Waals surface area contributed by atoms with E-state index in [0.29, 0.717) is 60.9 Å². The standard InChI is InChI=1S/C39H43N7O6S/c40-33-6-4-5-7-34(33)42-37(50)9-3-1-2-8-36(49)41-23-26-10-16-29(17-11-26)38-51-32(22-35(52-38)28-14-12-27(24-47)13-15-28)25-53-39-43-44-45-46(39)30-18-20-31(48)21-19-30/h4-7,10-21,32,35,38,47-48H,1-3,8-9,22-25,40H2,(H,41,49)(H,42,50). The minimum Gasteiger partial charge on any atom is -0.508 e. The van der Waals surface area contributed by atoms with E-state index < -0.39 is 6.29 Å². The van der Waals surface area contributed by atoms with Crippen molar-refractivity contribution in [2.45, 2.75) is 75.3 Å². The number of anilines is 2. The number of benzene rings is 4. The first-order chi connectivity index (χ1) is 25.8. The quantitative estimate of drug-likeness (QED) is 0.0455. The van der Waals surface area contributed by atoms with Gasteiger partial charge in [-0.05, 0) is 76.4 Å². The zero-order valence-electron chi connectivity index (χ0n) is 29.1. The highest BCUT2D eigenvalue weighted by atomic mass is 32.2. The molecular weight excluding hydrogens is 695 g/mol. The van der Waals surface area contributed by atoms with Gasteiger partial charge in [-0.3, -0.25) is 9.59 Å². The number of carbonyl (C=O) groups excluding carboxylic acids is 2. The summed E-state index contributed by atoms with van der Waals surface area (Å²) >= 11 is 1.47. The number of hydrogen-bond donors (Lipinski definition) is 5. The van der Waals surface area contributed by atoms with Gasteiger partial charge >= 0.3 is 0 Å². The summed E-state index contributed by atoms with van der Waals surface area (Å²) in [7, 11) is 0. The van der Waals surface area contributed by atoms with Crippen LogP contribution in [0.3, 0.4) is 0 Å². The monoisotopic (exact) mass is 737 g/mol. The maximum Gasteiger partial charge on any atom is 0.224 e. The van der Waals surface area contributed by atoms with E-state index in [1.165, 1.54) is 11.8 Å². The van der Waals surface area contributed by atoms with Gasteiger partial charge in [-0.15, -0.1) is 5.10 Å². The number of nitrogens with two attached hydrogens (primary N) is 1. The molecular formula is C39H43N7O6S. The summed E-state index contributed by atoms with van der Waals surface area (Å²) in [6.45, 7) is 0.354. The van der Waals surface area contributed by atoms with Crippen LogP contribution in [0.4, 0.5) is 11.4 Å². The number of nitrogens with one attached hydrogen (secondary N) is 2. The van der Waals surface area contributed by atoms with Crippen molar-refractivity contribution in [3.63, 3.8) is 0 Å². The second-order valence-electron chi connectivity index (χ2n) is 12.8. The van der Waals surface area contributed by atoms with E-state index in [4.69, 9.17) is 15.2 Å². The lowest BCUT2D eigenvalue weighted by Crippen LogP contribution is -2.31. The van der Waals surface area contributed by atoms with E-state index in [1.54, 1.807) is 41.1 Å². The van der Waals surface area contributed by atoms with Crippen LogP contribution in [-0.2, 0) is 32.2 Å². The van der Waals surface area contributed by atoms with E-state index in [2.05, 4.69) is 26.2 Å².